The first-order valence-corrected chi connectivity index (χ1v) is 8.63. The quantitative estimate of drug-likeness (QED) is 0.608. The fourth-order valence-corrected chi connectivity index (χ4v) is 2.51. The van der Waals surface area contributed by atoms with Crippen molar-refractivity contribution >= 4 is 29.1 Å². The Bertz CT molecular complexity index is 888. The Morgan fingerprint density at radius 1 is 1.12 bits per heavy atom. The normalized spacial score (nSPS) is 11.8. The van der Waals surface area contributed by atoms with Crippen molar-refractivity contribution in [1.82, 2.24) is 15.0 Å². The Morgan fingerprint density at radius 3 is 2.58 bits per heavy atom. The molecular weight excluding hydrogens is 350 g/mol. The molecule has 0 saturated carbocycles. The molecule has 0 aliphatic rings. The average molecular weight is 370 g/mol. The maximum atomic E-state index is 9.29. The molecule has 0 radical (unpaired) electrons. The van der Waals surface area contributed by atoms with Crippen LogP contribution in [0.3, 0.4) is 0 Å². The van der Waals surface area contributed by atoms with Gasteiger partial charge in [0.25, 0.3) is 0 Å². The maximum Gasteiger partial charge on any atom is 0.225 e. The van der Waals surface area contributed by atoms with Crippen LogP contribution >= 0.6 is 11.6 Å². The molecule has 0 amide bonds. The summed E-state index contributed by atoms with van der Waals surface area (Å²) in [5.41, 5.74) is 3.51. The summed E-state index contributed by atoms with van der Waals surface area (Å²) in [6.45, 7) is 3.80. The smallest absolute Gasteiger partial charge is 0.225 e. The van der Waals surface area contributed by atoms with E-state index in [1.165, 1.54) is 0 Å². The molecule has 1 atom stereocenters. The molecule has 0 saturated heterocycles. The number of halogens is 1. The van der Waals surface area contributed by atoms with E-state index in [1.54, 1.807) is 12.4 Å². The number of rotatable bonds is 6. The average Bonchev–Trinajstić information content (AvgIpc) is 2.65. The summed E-state index contributed by atoms with van der Waals surface area (Å²) in [6.07, 6.45) is 3.43. The van der Waals surface area contributed by atoms with Gasteiger partial charge in [-0.2, -0.15) is 4.98 Å². The van der Waals surface area contributed by atoms with Crippen LogP contribution in [0, 0.1) is 6.92 Å². The molecule has 0 fully saturated rings. The number of aromatic nitrogens is 3. The van der Waals surface area contributed by atoms with Crippen molar-refractivity contribution in [2.45, 2.75) is 19.9 Å². The zero-order chi connectivity index (χ0) is 18.5. The minimum Gasteiger partial charge on any atom is -0.394 e. The molecule has 26 heavy (non-hydrogen) atoms. The SMILES string of the molecule is Cc1ccc(Nc2cc(-c3ccncc3)nc(N[C@@H](C)CO)n2)cc1Cl. The van der Waals surface area contributed by atoms with Crippen molar-refractivity contribution in [3.05, 3.63) is 59.4 Å². The van der Waals surface area contributed by atoms with Crippen molar-refractivity contribution in [2.75, 3.05) is 17.2 Å². The van der Waals surface area contributed by atoms with Crippen LogP contribution < -0.4 is 10.6 Å². The molecule has 0 unspecified atom stereocenters. The van der Waals surface area contributed by atoms with E-state index in [-0.39, 0.29) is 12.6 Å². The molecule has 0 bridgehead atoms. The van der Waals surface area contributed by atoms with E-state index in [1.807, 2.05) is 50.2 Å². The van der Waals surface area contributed by atoms with Gasteiger partial charge in [0.05, 0.1) is 12.3 Å². The van der Waals surface area contributed by atoms with Crippen LogP contribution in [0.2, 0.25) is 5.02 Å². The van der Waals surface area contributed by atoms with E-state index in [2.05, 4.69) is 25.6 Å². The summed E-state index contributed by atoms with van der Waals surface area (Å²) in [6, 6.07) is 11.2. The summed E-state index contributed by atoms with van der Waals surface area (Å²) in [7, 11) is 0. The molecule has 0 spiro atoms. The van der Waals surface area contributed by atoms with Crippen LogP contribution in [0.25, 0.3) is 11.3 Å². The molecule has 3 rings (SSSR count). The van der Waals surface area contributed by atoms with Crippen LogP contribution in [-0.4, -0.2) is 32.7 Å². The predicted molar refractivity (Wildman–Crippen MR) is 105 cm³/mol. The second-order valence-electron chi connectivity index (χ2n) is 6.01. The number of nitrogens with zero attached hydrogens (tertiary/aromatic N) is 3. The topological polar surface area (TPSA) is 83.0 Å². The highest BCUT2D eigenvalue weighted by Gasteiger charge is 2.10. The monoisotopic (exact) mass is 369 g/mol. The van der Waals surface area contributed by atoms with Crippen molar-refractivity contribution in [3.63, 3.8) is 0 Å². The van der Waals surface area contributed by atoms with Crippen molar-refractivity contribution in [3.8, 4) is 11.3 Å². The lowest BCUT2D eigenvalue weighted by Crippen LogP contribution is -2.21. The number of aliphatic hydroxyl groups is 1. The third-order valence-electron chi connectivity index (χ3n) is 3.80. The van der Waals surface area contributed by atoms with Crippen LogP contribution in [0.1, 0.15) is 12.5 Å². The molecule has 2 heterocycles. The van der Waals surface area contributed by atoms with Gasteiger partial charge in [-0.3, -0.25) is 4.98 Å². The first-order chi connectivity index (χ1) is 12.5. The number of hydrogen-bond acceptors (Lipinski definition) is 6. The third kappa shape index (κ3) is 4.47. The largest absolute Gasteiger partial charge is 0.394 e. The van der Waals surface area contributed by atoms with E-state index < -0.39 is 0 Å². The fraction of sp³-hybridized carbons (Fsp3) is 0.211. The molecule has 0 aliphatic carbocycles. The number of hydrogen-bond donors (Lipinski definition) is 3. The first-order valence-electron chi connectivity index (χ1n) is 8.25. The van der Waals surface area contributed by atoms with Gasteiger partial charge in [-0.25, -0.2) is 4.98 Å². The van der Waals surface area contributed by atoms with Gasteiger partial charge in [0, 0.05) is 40.8 Å². The van der Waals surface area contributed by atoms with E-state index >= 15 is 0 Å². The number of benzene rings is 1. The van der Waals surface area contributed by atoms with Crippen molar-refractivity contribution < 1.29 is 5.11 Å². The van der Waals surface area contributed by atoms with E-state index in [4.69, 9.17) is 11.6 Å². The van der Waals surface area contributed by atoms with Gasteiger partial charge in [0.1, 0.15) is 5.82 Å². The highest BCUT2D eigenvalue weighted by atomic mass is 35.5. The van der Waals surface area contributed by atoms with Gasteiger partial charge in [-0.05, 0) is 43.7 Å². The molecule has 3 N–H and O–H groups in total. The molecule has 3 aromatic rings. The van der Waals surface area contributed by atoms with Gasteiger partial charge in [-0.15, -0.1) is 0 Å². The first kappa shape index (κ1) is 18.1. The lowest BCUT2D eigenvalue weighted by atomic mass is 10.2. The van der Waals surface area contributed by atoms with Crippen LogP contribution in [0.15, 0.2) is 48.8 Å². The number of aliphatic hydroxyl groups excluding tert-OH is 1. The van der Waals surface area contributed by atoms with E-state index in [0.717, 1.165) is 22.5 Å². The third-order valence-corrected chi connectivity index (χ3v) is 4.20. The zero-order valence-corrected chi connectivity index (χ0v) is 15.3. The fourth-order valence-electron chi connectivity index (χ4n) is 2.33. The van der Waals surface area contributed by atoms with Crippen LogP contribution in [0.4, 0.5) is 17.5 Å². The number of aryl methyl sites for hydroxylation is 1. The van der Waals surface area contributed by atoms with Gasteiger partial charge in [0.15, 0.2) is 0 Å². The molecule has 6 nitrogen and oxygen atoms in total. The Kier molecular flexibility index (Phi) is 5.65. The molecule has 2 aromatic heterocycles. The lowest BCUT2D eigenvalue weighted by Gasteiger charge is -2.14. The molecule has 134 valence electrons. The summed E-state index contributed by atoms with van der Waals surface area (Å²) in [4.78, 5) is 13.1. The Hall–Kier alpha value is -2.70. The van der Waals surface area contributed by atoms with Crippen molar-refractivity contribution in [1.29, 1.82) is 0 Å². The van der Waals surface area contributed by atoms with E-state index in [0.29, 0.717) is 16.8 Å². The van der Waals surface area contributed by atoms with Gasteiger partial charge in [0.2, 0.25) is 5.95 Å². The number of anilines is 3. The minimum atomic E-state index is -0.163. The molecular formula is C19H20ClN5O. The molecule has 7 heteroatoms. The number of nitrogens with one attached hydrogen (secondary N) is 2. The maximum absolute atomic E-state index is 9.29. The summed E-state index contributed by atoms with van der Waals surface area (Å²) >= 11 is 6.21. The second kappa shape index (κ2) is 8.12. The van der Waals surface area contributed by atoms with Crippen LogP contribution in [0.5, 0.6) is 0 Å². The summed E-state index contributed by atoms with van der Waals surface area (Å²) in [5.74, 6) is 1.06. The number of pyridine rings is 1. The Morgan fingerprint density at radius 2 is 1.88 bits per heavy atom. The standard InChI is InChI=1S/C19H20ClN5O/c1-12-3-4-15(9-16(12)20)23-18-10-17(14-5-7-21-8-6-14)24-19(25-18)22-13(2)11-26/h3-10,13,26H,11H2,1-2H3,(H2,22,23,24,25)/t13-/m0/s1. The summed E-state index contributed by atoms with van der Waals surface area (Å²) in [5, 5.41) is 16.3. The highest BCUT2D eigenvalue weighted by Crippen LogP contribution is 2.26. The summed E-state index contributed by atoms with van der Waals surface area (Å²) < 4.78 is 0. The van der Waals surface area contributed by atoms with Gasteiger partial charge in [-0.1, -0.05) is 17.7 Å². The second-order valence-corrected chi connectivity index (χ2v) is 6.42. The molecule has 1 aromatic carbocycles. The lowest BCUT2D eigenvalue weighted by molar-refractivity contribution is 0.281. The Labute approximate surface area is 157 Å². The van der Waals surface area contributed by atoms with Crippen LogP contribution in [-0.2, 0) is 0 Å². The highest BCUT2D eigenvalue weighted by molar-refractivity contribution is 6.31. The Balaban J connectivity index is 1.97. The van der Waals surface area contributed by atoms with Gasteiger partial charge >= 0.3 is 0 Å². The predicted octanol–water partition coefficient (Wildman–Crippen LogP) is 4.04. The van der Waals surface area contributed by atoms with Gasteiger partial charge < -0.3 is 15.7 Å². The zero-order valence-electron chi connectivity index (χ0n) is 14.6. The minimum absolute atomic E-state index is 0.0147. The van der Waals surface area contributed by atoms with E-state index in [9.17, 15) is 5.11 Å². The van der Waals surface area contributed by atoms with Crippen molar-refractivity contribution in [2.24, 2.45) is 0 Å². The molecule has 0 aliphatic heterocycles.